The minimum atomic E-state index is -0.0800. The lowest BCUT2D eigenvalue weighted by Crippen LogP contribution is -2.14. The molecule has 0 saturated carbocycles. The first-order chi connectivity index (χ1) is 12.7. The van der Waals surface area contributed by atoms with Crippen LogP contribution >= 0.6 is 0 Å². The quantitative estimate of drug-likeness (QED) is 0.757. The number of fused-ring (bicyclic) bond motifs is 1. The molecule has 4 rings (SSSR count). The Balaban J connectivity index is 1.56. The van der Waals surface area contributed by atoms with E-state index in [1.807, 2.05) is 49.4 Å². The monoisotopic (exact) mass is 348 g/mol. The smallest absolute Gasteiger partial charge is 0.224 e. The summed E-state index contributed by atoms with van der Waals surface area (Å²) in [7, 11) is 0. The normalized spacial score (nSPS) is 14.9. The Hall–Kier alpha value is -3.22. The molecule has 2 heterocycles. The minimum absolute atomic E-state index is 0.0800. The Labute approximate surface area is 151 Å². The van der Waals surface area contributed by atoms with Crippen LogP contribution in [-0.2, 0) is 11.2 Å². The van der Waals surface area contributed by atoms with Gasteiger partial charge in [0.1, 0.15) is 0 Å². The number of amides is 1. The van der Waals surface area contributed by atoms with Crippen LogP contribution in [-0.4, -0.2) is 26.1 Å². The van der Waals surface area contributed by atoms with Crippen molar-refractivity contribution in [3.63, 3.8) is 0 Å². The third kappa shape index (κ3) is 3.28. The molecule has 0 saturated heterocycles. The Morgan fingerprint density at radius 2 is 2.00 bits per heavy atom. The van der Waals surface area contributed by atoms with Gasteiger partial charge in [0.25, 0.3) is 0 Å². The molecule has 1 amide bonds. The van der Waals surface area contributed by atoms with E-state index in [9.17, 15) is 4.79 Å². The van der Waals surface area contributed by atoms with Gasteiger partial charge in [0.15, 0.2) is 5.82 Å². The molecule has 26 heavy (non-hydrogen) atoms. The fourth-order valence-electron chi connectivity index (χ4n) is 3.20. The van der Waals surface area contributed by atoms with Crippen molar-refractivity contribution in [1.82, 2.24) is 20.2 Å². The van der Waals surface area contributed by atoms with E-state index in [0.717, 1.165) is 41.3 Å². The number of para-hydroxylation sites is 1. The van der Waals surface area contributed by atoms with Crippen LogP contribution in [0.15, 0.2) is 48.5 Å². The van der Waals surface area contributed by atoms with Gasteiger partial charge in [0.05, 0.1) is 11.7 Å². The molecular weight excluding hydrogens is 328 g/mol. The molecule has 0 bridgehead atoms. The first-order valence-corrected chi connectivity index (χ1v) is 8.74. The Morgan fingerprint density at radius 1 is 1.15 bits per heavy atom. The van der Waals surface area contributed by atoms with Crippen LogP contribution in [0, 0.1) is 0 Å². The molecule has 132 valence electrons. The van der Waals surface area contributed by atoms with Gasteiger partial charge in [-0.3, -0.25) is 4.79 Å². The van der Waals surface area contributed by atoms with E-state index in [4.69, 9.17) is 0 Å². The SMILES string of the molecule is C[C@H](Nc1ccc2c(c1)CCCC(=O)N2)c1nnnn1-c1ccccc1. The highest BCUT2D eigenvalue weighted by Crippen LogP contribution is 2.27. The Morgan fingerprint density at radius 3 is 2.85 bits per heavy atom. The second-order valence-electron chi connectivity index (χ2n) is 6.42. The average molecular weight is 348 g/mol. The van der Waals surface area contributed by atoms with Gasteiger partial charge < -0.3 is 10.6 Å². The van der Waals surface area contributed by atoms with Crippen LogP contribution in [0.25, 0.3) is 5.69 Å². The van der Waals surface area contributed by atoms with Crippen molar-refractivity contribution in [2.45, 2.75) is 32.2 Å². The van der Waals surface area contributed by atoms with Crippen molar-refractivity contribution < 1.29 is 4.79 Å². The summed E-state index contributed by atoms with van der Waals surface area (Å²) in [4.78, 5) is 11.7. The van der Waals surface area contributed by atoms with Gasteiger partial charge in [-0.25, -0.2) is 0 Å². The van der Waals surface area contributed by atoms with Gasteiger partial charge in [-0.05, 0) is 66.1 Å². The van der Waals surface area contributed by atoms with Gasteiger partial charge in [-0.15, -0.1) is 5.10 Å². The maximum absolute atomic E-state index is 11.7. The summed E-state index contributed by atoms with van der Waals surface area (Å²) in [6.45, 7) is 2.03. The Bertz CT molecular complexity index is 921. The molecule has 0 fully saturated rings. The topological polar surface area (TPSA) is 84.7 Å². The number of hydrogen-bond acceptors (Lipinski definition) is 5. The molecular formula is C19H20N6O. The van der Waals surface area contributed by atoms with Crippen molar-refractivity contribution in [2.75, 3.05) is 10.6 Å². The van der Waals surface area contributed by atoms with Crippen molar-refractivity contribution in [3.05, 3.63) is 59.9 Å². The number of hydrogen-bond donors (Lipinski definition) is 2. The van der Waals surface area contributed by atoms with E-state index >= 15 is 0 Å². The van der Waals surface area contributed by atoms with Gasteiger partial charge in [-0.1, -0.05) is 18.2 Å². The second-order valence-corrected chi connectivity index (χ2v) is 6.42. The maximum atomic E-state index is 11.7. The number of rotatable bonds is 4. The summed E-state index contributed by atoms with van der Waals surface area (Å²) < 4.78 is 1.74. The van der Waals surface area contributed by atoms with Crippen LogP contribution in [0.1, 0.15) is 37.2 Å². The van der Waals surface area contributed by atoms with Crippen LogP contribution < -0.4 is 10.6 Å². The predicted octanol–water partition coefficient (Wildman–Crippen LogP) is 3.11. The first kappa shape index (κ1) is 16.3. The third-order valence-electron chi connectivity index (χ3n) is 4.49. The number of aryl methyl sites for hydroxylation is 1. The molecule has 1 atom stereocenters. The molecule has 2 N–H and O–H groups in total. The number of benzene rings is 2. The molecule has 1 aliphatic heterocycles. The zero-order valence-electron chi connectivity index (χ0n) is 14.5. The molecule has 0 spiro atoms. The zero-order valence-corrected chi connectivity index (χ0v) is 14.5. The van der Waals surface area contributed by atoms with Gasteiger partial charge in [0.2, 0.25) is 5.91 Å². The number of carbonyl (C=O) groups excluding carboxylic acids is 1. The van der Waals surface area contributed by atoms with E-state index < -0.39 is 0 Å². The van der Waals surface area contributed by atoms with E-state index in [2.05, 4.69) is 32.2 Å². The summed E-state index contributed by atoms with van der Waals surface area (Å²) in [6, 6.07) is 15.8. The van der Waals surface area contributed by atoms with Crippen molar-refractivity contribution >= 4 is 17.3 Å². The largest absolute Gasteiger partial charge is 0.375 e. The highest BCUT2D eigenvalue weighted by Gasteiger charge is 2.17. The van der Waals surface area contributed by atoms with Crippen molar-refractivity contribution in [2.24, 2.45) is 0 Å². The van der Waals surface area contributed by atoms with Crippen LogP contribution in [0.2, 0.25) is 0 Å². The molecule has 0 radical (unpaired) electrons. The summed E-state index contributed by atoms with van der Waals surface area (Å²) in [5.74, 6) is 0.819. The van der Waals surface area contributed by atoms with E-state index in [0.29, 0.717) is 6.42 Å². The Kier molecular flexibility index (Phi) is 4.35. The van der Waals surface area contributed by atoms with Crippen LogP contribution in [0.3, 0.4) is 0 Å². The van der Waals surface area contributed by atoms with Crippen LogP contribution in [0.5, 0.6) is 0 Å². The predicted molar refractivity (Wildman–Crippen MR) is 99.2 cm³/mol. The second kappa shape index (κ2) is 6.95. The first-order valence-electron chi connectivity index (χ1n) is 8.74. The standard InChI is InChI=1S/C19H20N6O/c1-13(19-22-23-24-25(19)16-7-3-2-4-8-16)20-15-10-11-17-14(12-15)6-5-9-18(26)21-17/h2-4,7-8,10-13,20H,5-6,9H2,1H3,(H,21,26)/t13-/m0/s1. The number of anilines is 2. The molecule has 7 heteroatoms. The van der Waals surface area contributed by atoms with Crippen LogP contribution in [0.4, 0.5) is 11.4 Å². The van der Waals surface area contributed by atoms with Crippen molar-refractivity contribution in [1.29, 1.82) is 0 Å². The van der Waals surface area contributed by atoms with E-state index in [-0.39, 0.29) is 11.9 Å². The van der Waals surface area contributed by atoms with Crippen molar-refractivity contribution in [3.8, 4) is 5.69 Å². The number of nitrogens with zero attached hydrogens (tertiary/aromatic N) is 4. The molecule has 0 aliphatic carbocycles. The van der Waals surface area contributed by atoms with Gasteiger partial charge >= 0.3 is 0 Å². The highest BCUT2D eigenvalue weighted by atomic mass is 16.1. The summed E-state index contributed by atoms with van der Waals surface area (Å²) in [5.41, 5.74) is 3.95. The minimum Gasteiger partial charge on any atom is -0.375 e. The zero-order chi connectivity index (χ0) is 17.9. The van der Waals surface area contributed by atoms with Gasteiger partial charge in [-0.2, -0.15) is 4.68 Å². The molecule has 1 aliphatic rings. The third-order valence-corrected chi connectivity index (χ3v) is 4.49. The molecule has 1 aromatic heterocycles. The molecule has 7 nitrogen and oxygen atoms in total. The fourth-order valence-corrected chi connectivity index (χ4v) is 3.20. The molecule has 0 unspecified atom stereocenters. The fraction of sp³-hybridized carbons (Fsp3) is 0.263. The number of nitrogens with one attached hydrogen (secondary N) is 2. The molecule has 3 aromatic rings. The number of tetrazole rings is 1. The highest BCUT2D eigenvalue weighted by molar-refractivity contribution is 5.92. The lowest BCUT2D eigenvalue weighted by atomic mass is 10.1. The lowest BCUT2D eigenvalue weighted by Gasteiger charge is -2.16. The maximum Gasteiger partial charge on any atom is 0.224 e. The summed E-state index contributed by atoms with van der Waals surface area (Å²) in [5, 5.41) is 18.5. The van der Waals surface area contributed by atoms with Gasteiger partial charge in [0, 0.05) is 17.8 Å². The average Bonchev–Trinajstić information content (AvgIpc) is 3.07. The number of aromatic nitrogens is 4. The summed E-state index contributed by atoms with van der Waals surface area (Å²) in [6.07, 6.45) is 2.32. The lowest BCUT2D eigenvalue weighted by molar-refractivity contribution is -0.116. The van der Waals surface area contributed by atoms with E-state index in [1.54, 1.807) is 4.68 Å². The summed E-state index contributed by atoms with van der Waals surface area (Å²) >= 11 is 0. The number of carbonyl (C=O) groups is 1. The molecule has 2 aromatic carbocycles. The van der Waals surface area contributed by atoms with E-state index in [1.165, 1.54) is 0 Å².